The van der Waals surface area contributed by atoms with Gasteiger partial charge in [-0.3, -0.25) is 14.4 Å². The molecule has 144 valence electrons. The topological polar surface area (TPSA) is 78.5 Å². The third-order valence-electron chi connectivity index (χ3n) is 5.80. The van der Waals surface area contributed by atoms with E-state index in [9.17, 15) is 14.4 Å². The maximum Gasteiger partial charge on any atom is 0.313 e. The Labute approximate surface area is 159 Å². The van der Waals surface area contributed by atoms with Gasteiger partial charge < -0.3 is 15.5 Å². The van der Waals surface area contributed by atoms with E-state index >= 15 is 0 Å². The summed E-state index contributed by atoms with van der Waals surface area (Å²) in [5.41, 5.74) is 2.61. The molecule has 1 aromatic rings. The molecule has 0 atom stereocenters. The first kappa shape index (κ1) is 18.0. The van der Waals surface area contributed by atoms with E-state index in [4.69, 9.17) is 0 Å². The van der Waals surface area contributed by atoms with E-state index in [0.717, 1.165) is 69.2 Å². The lowest BCUT2D eigenvalue weighted by Crippen LogP contribution is -2.42. The Kier molecular flexibility index (Phi) is 5.14. The van der Waals surface area contributed by atoms with Gasteiger partial charge in [0.2, 0.25) is 5.91 Å². The number of aryl methyl sites for hydroxylation is 1. The van der Waals surface area contributed by atoms with Crippen LogP contribution < -0.4 is 15.5 Å². The number of carbonyl (C=O) groups is 3. The molecule has 1 heterocycles. The number of amides is 3. The summed E-state index contributed by atoms with van der Waals surface area (Å²) < 4.78 is 0. The smallest absolute Gasteiger partial charge is 0.313 e. The van der Waals surface area contributed by atoms with Crippen molar-refractivity contribution in [1.82, 2.24) is 5.32 Å². The van der Waals surface area contributed by atoms with E-state index in [2.05, 4.69) is 10.6 Å². The Balaban J connectivity index is 1.40. The first-order chi connectivity index (χ1) is 13.1. The van der Waals surface area contributed by atoms with Crippen molar-refractivity contribution >= 4 is 29.1 Å². The minimum atomic E-state index is -0.623. The molecule has 0 radical (unpaired) electrons. The van der Waals surface area contributed by atoms with Crippen molar-refractivity contribution in [3.63, 3.8) is 0 Å². The third kappa shape index (κ3) is 4.15. The van der Waals surface area contributed by atoms with Gasteiger partial charge in [0.1, 0.15) is 0 Å². The minimum Gasteiger partial charge on any atom is -0.345 e. The summed E-state index contributed by atoms with van der Waals surface area (Å²) in [6.45, 7) is 0.762. The van der Waals surface area contributed by atoms with Crippen LogP contribution in [0, 0.1) is 5.92 Å². The van der Waals surface area contributed by atoms with Crippen molar-refractivity contribution in [2.75, 3.05) is 16.8 Å². The molecule has 2 saturated carbocycles. The second-order valence-corrected chi connectivity index (χ2v) is 7.97. The second kappa shape index (κ2) is 7.71. The normalized spacial score (nSPS) is 19.9. The lowest BCUT2D eigenvalue weighted by molar-refractivity contribution is -0.136. The number of fused-ring (bicyclic) bond motifs is 1. The zero-order valence-corrected chi connectivity index (χ0v) is 15.6. The Morgan fingerprint density at radius 1 is 0.926 bits per heavy atom. The first-order valence-electron chi connectivity index (χ1n) is 10.2. The maximum atomic E-state index is 12.5. The number of hydrogen-bond acceptors (Lipinski definition) is 3. The molecule has 2 fully saturated rings. The highest BCUT2D eigenvalue weighted by Gasteiger charge is 2.35. The summed E-state index contributed by atoms with van der Waals surface area (Å²) in [6.07, 6.45) is 9.09. The molecule has 0 spiro atoms. The van der Waals surface area contributed by atoms with Crippen LogP contribution in [0.4, 0.5) is 11.4 Å². The minimum absolute atomic E-state index is 0.113. The highest BCUT2D eigenvalue weighted by atomic mass is 16.2. The van der Waals surface area contributed by atoms with E-state index < -0.39 is 11.8 Å². The molecule has 0 aromatic heterocycles. The number of benzene rings is 1. The van der Waals surface area contributed by atoms with Crippen molar-refractivity contribution in [3.05, 3.63) is 23.8 Å². The van der Waals surface area contributed by atoms with Crippen molar-refractivity contribution in [2.45, 2.75) is 63.8 Å². The van der Waals surface area contributed by atoms with Gasteiger partial charge in [-0.15, -0.1) is 0 Å². The molecule has 2 aliphatic carbocycles. The molecule has 0 bridgehead atoms. The molecule has 1 aromatic carbocycles. The third-order valence-corrected chi connectivity index (χ3v) is 5.80. The molecule has 6 heteroatoms. The van der Waals surface area contributed by atoms with Crippen LogP contribution in [-0.2, 0) is 20.8 Å². The zero-order valence-electron chi connectivity index (χ0n) is 15.6. The van der Waals surface area contributed by atoms with Gasteiger partial charge in [0.25, 0.3) is 0 Å². The van der Waals surface area contributed by atoms with Crippen LogP contribution >= 0.6 is 0 Å². The largest absolute Gasteiger partial charge is 0.345 e. The van der Waals surface area contributed by atoms with E-state index in [0.29, 0.717) is 5.69 Å². The van der Waals surface area contributed by atoms with Crippen LogP contribution in [0.25, 0.3) is 0 Å². The molecule has 6 nitrogen and oxygen atoms in total. The average Bonchev–Trinajstić information content (AvgIpc) is 3.53. The van der Waals surface area contributed by atoms with Crippen LogP contribution in [-0.4, -0.2) is 30.3 Å². The Morgan fingerprint density at radius 3 is 2.44 bits per heavy atom. The lowest BCUT2D eigenvalue weighted by Gasteiger charge is -2.30. The number of nitrogens with one attached hydrogen (secondary N) is 2. The van der Waals surface area contributed by atoms with Gasteiger partial charge in [0.05, 0.1) is 0 Å². The molecule has 0 unspecified atom stereocenters. The second-order valence-electron chi connectivity index (χ2n) is 7.97. The van der Waals surface area contributed by atoms with Crippen LogP contribution in [0.1, 0.15) is 56.9 Å². The van der Waals surface area contributed by atoms with Crippen molar-refractivity contribution < 1.29 is 14.4 Å². The van der Waals surface area contributed by atoms with E-state index in [1.807, 2.05) is 17.0 Å². The van der Waals surface area contributed by atoms with Crippen molar-refractivity contribution in [2.24, 2.45) is 5.92 Å². The summed E-state index contributed by atoms with van der Waals surface area (Å²) in [4.78, 5) is 38.7. The first-order valence-corrected chi connectivity index (χ1v) is 10.2. The lowest BCUT2D eigenvalue weighted by atomic mass is 9.95. The summed E-state index contributed by atoms with van der Waals surface area (Å²) in [7, 11) is 0. The molecule has 0 saturated heterocycles. The van der Waals surface area contributed by atoms with Gasteiger partial charge in [-0.1, -0.05) is 19.3 Å². The Hall–Kier alpha value is -2.37. The highest BCUT2D eigenvalue weighted by molar-refractivity contribution is 6.39. The fourth-order valence-corrected chi connectivity index (χ4v) is 4.14. The molecular weight excluding hydrogens is 342 g/mol. The van der Waals surface area contributed by atoms with E-state index in [1.54, 1.807) is 6.07 Å². The van der Waals surface area contributed by atoms with Crippen LogP contribution in [0.15, 0.2) is 18.2 Å². The quantitative estimate of drug-likeness (QED) is 0.804. The molecule has 27 heavy (non-hydrogen) atoms. The number of nitrogens with zero attached hydrogens (tertiary/aromatic N) is 1. The average molecular weight is 369 g/mol. The van der Waals surface area contributed by atoms with Gasteiger partial charge >= 0.3 is 11.8 Å². The van der Waals surface area contributed by atoms with Gasteiger partial charge in [-0.25, -0.2) is 0 Å². The van der Waals surface area contributed by atoms with E-state index in [-0.39, 0.29) is 17.9 Å². The Morgan fingerprint density at radius 2 is 1.70 bits per heavy atom. The van der Waals surface area contributed by atoms with Gasteiger partial charge in [0.15, 0.2) is 0 Å². The standard InChI is InChI=1S/C21H27N3O3/c25-19(22-16-6-2-1-3-7-16)20(26)23-17-10-11-18-15(13-17)5-4-12-24(18)21(27)14-8-9-14/h10-11,13-14,16H,1-9,12H2,(H,22,25)(H,23,26). The Bertz CT molecular complexity index is 751. The fraction of sp³-hybridized carbons (Fsp3) is 0.571. The molecule has 4 rings (SSSR count). The van der Waals surface area contributed by atoms with Crippen LogP contribution in [0.5, 0.6) is 0 Å². The maximum absolute atomic E-state index is 12.5. The number of carbonyl (C=O) groups excluding carboxylic acids is 3. The zero-order chi connectivity index (χ0) is 18.8. The molecule has 3 aliphatic rings. The number of hydrogen-bond donors (Lipinski definition) is 2. The molecule has 3 amide bonds. The predicted molar refractivity (Wildman–Crippen MR) is 103 cm³/mol. The highest BCUT2D eigenvalue weighted by Crippen LogP contribution is 2.36. The number of rotatable bonds is 3. The van der Waals surface area contributed by atoms with Gasteiger partial charge in [-0.05, 0) is 62.3 Å². The van der Waals surface area contributed by atoms with Gasteiger partial charge in [0, 0.05) is 29.9 Å². The summed E-state index contributed by atoms with van der Waals surface area (Å²) >= 11 is 0. The number of anilines is 2. The summed E-state index contributed by atoms with van der Waals surface area (Å²) in [5.74, 6) is -0.772. The fourth-order valence-electron chi connectivity index (χ4n) is 4.14. The van der Waals surface area contributed by atoms with E-state index in [1.165, 1.54) is 6.42 Å². The SMILES string of the molecule is O=C(Nc1ccc2c(c1)CCCN2C(=O)C1CC1)C(=O)NC1CCCCC1. The van der Waals surface area contributed by atoms with Crippen molar-refractivity contribution in [1.29, 1.82) is 0 Å². The molecular formula is C21H27N3O3. The van der Waals surface area contributed by atoms with Gasteiger partial charge in [-0.2, -0.15) is 0 Å². The summed E-state index contributed by atoms with van der Waals surface area (Å²) in [6, 6.07) is 5.68. The van der Waals surface area contributed by atoms with Crippen LogP contribution in [0.3, 0.4) is 0 Å². The predicted octanol–water partition coefficient (Wildman–Crippen LogP) is 2.76. The molecule has 1 aliphatic heterocycles. The molecule has 2 N–H and O–H groups in total. The monoisotopic (exact) mass is 369 g/mol. The summed E-state index contributed by atoms with van der Waals surface area (Å²) in [5, 5.41) is 5.54. The van der Waals surface area contributed by atoms with Crippen molar-refractivity contribution in [3.8, 4) is 0 Å². The van der Waals surface area contributed by atoms with Crippen LogP contribution in [0.2, 0.25) is 0 Å².